The number of benzene rings is 1. The van der Waals surface area contributed by atoms with E-state index >= 15 is 0 Å². The summed E-state index contributed by atoms with van der Waals surface area (Å²) >= 11 is 0. The average molecular weight is 560 g/mol. The van der Waals surface area contributed by atoms with Gasteiger partial charge < -0.3 is 34.7 Å². The molecule has 2 aromatic rings. The first kappa shape index (κ1) is 31.5. The number of nitrogens with one attached hydrogen (secondary N) is 2. The van der Waals surface area contributed by atoms with E-state index in [-0.39, 0.29) is 42.4 Å². The molecule has 1 aromatic carbocycles. The number of carbonyl (C=O) groups is 1. The second-order valence-electron chi connectivity index (χ2n) is 11.2. The van der Waals surface area contributed by atoms with Gasteiger partial charge in [0.25, 0.3) is 0 Å². The summed E-state index contributed by atoms with van der Waals surface area (Å²) in [6, 6.07) is 7.81. The molecule has 0 unspecified atom stereocenters. The number of carbonyl (C=O) groups excluding carboxylic acids is 1. The van der Waals surface area contributed by atoms with Crippen molar-refractivity contribution in [2.45, 2.75) is 65.0 Å². The Kier molecular flexibility index (Phi) is 12.3. The lowest BCUT2D eigenvalue weighted by Gasteiger charge is -2.35. The van der Waals surface area contributed by atoms with Crippen molar-refractivity contribution < 1.29 is 19.4 Å². The Hall–Kier alpha value is -1.71. The van der Waals surface area contributed by atoms with Crippen molar-refractivity contribution >= 4 is 41.8 Å². The van der Waals surface area contributed by atoms with Crippen LogP contribution in [0.25, 0.3) is 10.9 Å². The minimum atomic E-state index is -0.419. The van der Waals surface area contributed by atoms with Crippen molar-refractivity contribution in [3.8, 4) is 11.6 Å². The molecular formula is C27H44Cl2N4O4. The second kappa shape index (κ2) is 14.4. The fourth-order valence-electron chi connectivity index (χ4n) is 4.77. The summed E-state index contributed by atoms with van der Waals surface area (Å²) in [6.45, 7) is 13.3. The number of rotatable bonds is 8. The largest absolute Gasteiger partial charge is 0.493 e. The van der Waals surface area contributed by atoms with E-state index in [0.29, 0.717) is 12.5 Å². The van der Waals surface area contributed by atoms with Crippen LogP contribution in [0, 0.1) is 5.41 Å². The van der Waals surface area contributed by atoms with Gasteiger partial charge in [0.15, 0.2) is 0 Å². The first-order valence-corrected chi connectivity index (χ1v) is 13.1. The predicted molar refractivity (Wildman–Crippen MR) is 153 cm³/mol. The van der Waals surface area contributed by atoms with Crippen LogP contribution in [0.4, 0.5) is 4.79 Å². The summed E-state index contributed by atoms with van der Waals surface area (Å²) < 4.78 is 11.6. The summed E-state index contributed by atoms with van der Waals surface area (Å²) in [5.74, 6) is 1.22. The number of piperidine rings is 2. The van der Waals surface area contributed by atoms with Crippen molar-refractivity contribution in [1.29, 1.82) is 0 Å². The van der Waals surface area contributed by atoms with Crippen molar-refractivity contribution in [2.75, 3.05) is 45.9 Å². The smallest absolute Gasteiger partial charge is 0.414 e. The minimum absolute atomic E-state index is 0. The van der Waals surface area contributed by atoms with E-state index in [0.717, 1.165) is 88.0 Å². The molecule has 3 N–H and O–H groups in total. The van der Waals surface area contributed by atoms with E-state index in [2.05, 4.69) is 40.9 Å². The summed E-state index contributed by atoms with van der Waals surface area (Å²) in [6.07, 6.45) is 4.04. The van der Waals surface area contributed by atoms with Gasteiger partial charge in [0.05, 0.1) is 18.2 Å². The number of hydrogen-bond acceptors (Lipinski definition) is 6. The van der Waals surface area contributed by atoms with E-state index in [1.54, 1.807) is 0 Å². The van der Waals surface area contributed by atoms with E-state index in [1.165, 1.54) is 0 Å². The lowest BCUT2D eigenvalue weighted by atomic mass is 9.93. The van der Waals surface area contributed by atoms with Gasteiger partial charge in [-0.15, -0.1) is 24.8 Å². The number of hydrogen-bond donors (Lipinski definition) is 3. The van der Waals surface area contributed by atoms with Crippen LogP contribution < -0.4 is 14.8 Å². The predicted octanol–water partition coefficient (Wildman–Crippen LogP) is 4.84. The van der Waals surface area contributed by atoms with Crippen LogP contribution in [0.15, 0.2) is 24.3 Å². The number of aliphatic hydroxyl groups is 1. The van der Waals surface area contributed by atoms with Gasteiger partial charge in [0.1, 0.15) is 5.75 Å². The molecule has 4 rings (SSSR count). The molecule has 1 amide bonds. The van der Waals surface area contributed by atoms with Gasteiger partial charge in [0.2, 0.25) is 5.88 Å². The van der Waals surface area contributed by atoms with Crippen LogP contribution in [-0.2, 0) is 0 Å². The SMILES string of the molecule is CC(C)(C)CCOc1cccc2[nH]c(OC(=O)NC3CCN(CCN4CCC(O)CC4)CC3)cc12.Cl.Cl. The molecule has 10 heteroatoms. The van der Waals surface area contributed by atoms with Crippen LogP contribution >= 0.6 is 24.8 Å². The Morgan fingerprint density at radius 2 is 1.68 bits per heavy atom. The van der Waals surface area contributed by atoms with Crippen molar-refractivity contribution in [2.24, 2.45) is 5.41 Å². The first-order valence-electron chi connectivity index (χ1n) is 13.1. The van der Waals surface area contributed by atoms with Gasteiger partial charge in [0, 0.05) is 56.8 Å². The number of aliphatic hydroxyl groups excluding tert-OH is 1. The fourth-order valence-corrected chi connectivity index (χ4v) is 4.77. The van der Waals surface area contributed by atoms with E-state index < -0.39 is 6.09 Å². The molecule has 2 saturated heterocycles. The van der Waals surface area contributed by atoms with Crippen molar-refractivity contribution in [3.63, 3.8) is 0 Å². The highest BCUT2D eigenvalue weighted by atomic mass is 35.5. The molecule has 0 aliphatic carbocycles. The molecule has 2 fully saturated rings. The van der Waals surface area contributed by atoms with Gasteiger partial charge >= 0.3 is 6.09 Å². The number of fused-ring (bicyclic) bond motifs is 1. The quantitative estimate of drug-likeness (QED) is 0.429. The lowest BCUT2D eigenvalue weighted by Crippen LogP contribution is -2.47. The van der Waals surface area contributed by atoms with Gasteiger partial charge in [-0.25, -0.2) is 4.79 Å². The Bertz CT molecular complexity index is 965. The van der Waals surface area contributed by atoms with Crippen LogP contribution in [0.5, 0.6) is 11.6 Å². The monoisotopic (exact) mass is 558 g/mol. The molecule has 8 nitrogen and oxygen atoms in total. The van der Waals surface area contributed by atoms with Crippen LogP contribution in [0.2, 0.25) is 0 Å². The summed E-state index contributed by atoms with van der Waals surface area (Å²) in [7, 11) is 0. The summed E-state index contributed by atoms with van der Waals surface area (Å²) in [4.78, 5) is 20.6. The van der Waals surface area contributed by atoms with Crippen molar-refractivity contribution in [3.05, 3.63) is 24.3 Å². The number of aromatic nitrogens is 1. The highest BCUT2D eigenvalue weighted by Crippen LogP contribution is 2.30. The van der Waals surface area contributed by atoms with Gasteiger partial charge in [-0.1, -0.05) is 26.8 Å². The maximum Gasteiger partial charge on any atom is 0.414 e. The number of ether oxygens (including phenoxy) is 2. The topological polar surface area (TPSA) is 90.1 Å². The number of amides is 1. The Morgan fingerprint density at radius 3 is 2.30 bits per heavy atom. The molecule has 37 heavy (non-hydrogen) atoms. The molecule has 0 saturated carbocycles. The summed E-state index contributed by atoms with van der Waals surface area (Å²) in [5, 5.41) is 13.6. The Morgan fingerprint density at radius 1 is 1.05 bits per heavy atom. The average Bonchev–Trinajstić information content (AvgIpc) is 3.22. The standard InChI is InChI=1S/C27H42N4O4.2ClH/c1-27(2,3)11-18-34-24-6-4-5-23-22(24)19-25(29-23)35-26(33)28-20-7-12-30(13-8-20)16-17-31-14-9-21(32)10-15-31;;/h4-6,19-21,29,32H,7-18H2,1-3H3,(H,28,33);2*1H. The molecule has 210 valence electrons. The van der Waals surface area contributed by atoms with Crippen LogP contribution in [0.3, 0.4) is 0 Å². The zero-order chi connectivity index (χ0) is 24.8. The zero-order valence-electron chi connectivity index (χ0n) is 22.3. The molecular weight excluding hydrogens is 515 g/mol. The van der Waals surface area contributed by atoms with E-state index in [1.807, 2.05) is 24.3 Å². The maximum atomic E-state index is 12.5. The third-order valence-corrected chi connectivity index (χ3v) is 7.11. The number of likely N-dealkylation sites (tertiary alicyclic amines) is 2. The molecule has 0 atom stereocenters. The van der Waals surface area contributed by atoms with E-state index in [9.17, 15) is 9.90 Å². The number of nitrogens with zero attached hydrogens (tertiary/aromatic N) is 2. The normalized spacial score (nSPS) is 18.2. The number of halogens is 2. The molecule has 1 aromatic heterocycles. The molecule has 0 radical (unpaired) electrons. The highest BCUT2D eigenvalue weighted by molar-refractivity contribution is 5.88. The van der Waals surface area contributed by atoms with E-state index in [4.69, 9.17) is 9.47 Å². The summed E-state index contributed by atoms with van der Waals surface area (Å²) in [5.41, 5.74) is 1.10. The lowest BCUT2D eigenvalue weighted by molar-refractivity contribution is 0.0739. The molecule has 2 aliphatic heterocycles. The van der Waals surface area contributed by atoms with Crippen molar-refractivity contribution in [1.82, 2.24) is 20.1 Å². The Balaban J connectivity index is 0.00000241. The number of aromatic amines is 1. The van der Waals surface area contributed by atoms with Gasteiger partial charge in [-0.05, 0) is 49.7 Å². The molecule has 2 aliphatic rings. The van der Waals surface area contributed by atoms with Gasteiger partial charge in [-0.2, -0.15) is 0 Å². The van der Waals surface area contributed by atoms with Gasteiger partial charge in [-0.3, -0.25) is 0 Å². The number of H-pyrrole nitrogens is 1. The second-order valence-corrected chi connectivity index (χ2v) is 11.2. The molecule has 0 spiro atoms. The van der Waals surface area contributed by atoms with Crippen LogP contribution in [-0.4, -0.2) is 84.0 Å². The minimum Gasteiger partial charge on any atom is -0.493 e. The molecule has 3 heterocycles. The fraction of sp³-hybridized carbons (Fsp3) is 0.667. The highest BCUT2D eigenvalue weighted by Gasteiger charge is 2.23. The third kappa shape index (κ3) is 9.84. The third-order valence-electron chi connectivity index (χ3n) is 7.11. The zero-order valence-corrected chi connectivity index (χ0v) is 24.0. The van der Waals surface area contributed by atoms with Crippen LogP contribution in [0.1, 0.15) is 52.9 Å². The first-order chi connectivity index (χ1) is 16.7. The Labute approximate surface area is 233 Å². The molecule has 0 bridgehead atoms. The maximum absolute atomic E-state index is 12.5.